The highest BCUT2D eigenvalue weighted by molar-refractivity contribution is 7.91. The summed E-state index contributed by atoms with van der Waals surface area (Å²) >= 11 is 0. The number of ether oxygens (including phenoxy) is 2. The molecule has 0 heterocycles. The van der Waals surface area contributed by atoms with Gasteiger partial charge in [-0.25, -0.2) is 13.2 Å². The number of hydrogen-bond donors (Lipinski definition) is 0. The average Bonchev–Trinajstić information content (AvgIpc) is 2.61. The van der Waals surface area contributed by atoms with E-state index in [0.717, 1.165) is 24.3 Å². The minimum absolute atomic E-state index is 0.00762. The number of para-hydroxylation sites is 1. The van der Waals surface area contributed by atoms with Crippen LogP contribution in [0.4, 0.5) is 5.69 Å². The van der Waals surface area contributed by atoms with Crippen LogP contribution in [0.2, 0.25) is 0 Å². The second kappa shape index (κ2) is 8.41. The summed E-state index contributed by atoms with van der Waals surface area (Å²) in [5, 5.41) is 10.6. The van der Waals surface area contributed by atoms with E-state index in [-0.39, 0.29) is 21.9 Å². The van der Waals surface area contributed by atoms with Gasteiger partial charge in [-0.3, -0.25) is 14.9 Å². The Labute approximate surface area is 154 Å². The lowest BCUT2D eigenvalue weighted by molar-refractivity contribution is -0.384. The van der Waals surface area contributed by atoms with Crippen LogP contribution >= 0.6 is 0 Å². The van der Waals surface area contributed by atoms with Gasteiger partial charge in [0.25, 0.3) is 5.69 Å². The van der Waals surface area contributed by atoms with Gasteiger partial charge in [0.05, 0.1) is 15.6 Å². The van der Waals surface area contributed by atoms with Crippen molar-refractivity contribution in [1.29, 1.82) is 0 Å². The van der Waals surface area contributed by atoms with Crippen LogP contribution in [0.3, 0.4) is 0 Å². The van der Waals surface area contributed by atoms with Gasteiger partial charge in [0.2, 0.25) is 0 Å². The topological polar surface area (TPSA) is 130 Å². The van der Waals surface area contributed by atoms with Gasteiger partial charge >= 0.3 is 11.9 Å². The molecule has 27 heavy (non-hydrogen) atoms. The second-order valence-corrected chi connectivity index (χ2v) is 7.40. The summed E-state index contributed by atoms with van der Waals surface area (Å²) in [6.45, 7) is 0.742. The Kier molecular flexibility index (Phi) is 6.24. The molecule has 0 spiro atoms. The quantitative estimate of drug-likeness (QED) is 0.303. The molecule has 0 aromatic heterocycles. The third-order valence-electron chi connectivity index (χ3n) is 3.35. The number of hydrogen-bond acceptors (Lipinski definition) is 8. The van der Waals surface area contributed by atoms with Crippen molar-refractivity contribution in [2.75, 3.05) is 12.4 Å². The van der Waals surface area contributed by atoms with E-state index in [2.05, 4.69) is 0 Å². The molecule has 0 amide bonds. The monoisotopic (exact) mass is 393 g/mol. The third-order valence-corrected chi connectivity index (χ3v) is 5.05. The summed E-state index contributed by atoms with van der Waals surface area (Å²) in [7, 11) is -3.79. The number of benzene rings is 2. The molecule has 2 rings (SSSR count). The van der Waals surface area contributed by atoms with Crippen molar-refractivity contribution >= 4 is 27.5 Å². The van der Waals surface area contributed by atoms with Crippen molar-refractivity contribution in [2.45, 2.75) is 11.8 Å². The molecule has 0 unspecified atom stereocenters. The minimum atomic E-state index is -3.79. The van der Waals surface area contributed by atoms with E-state index in [1.165, 1.54) is 25.1 Å². The van der Waals surface area contributed by atoms with E-state index in [0.29, 0.717) is 0 Å². The summed E-state index contributed by atoms with van der Waals surface area (Å²) < 4.78 is 34.3. The zero-order chi connectivity index (χ0) is 20.0. The van der Waals surface area contributed by atoms with Crippen LogP contribution in [0.1, 0.15) is 17.3 Å². The third kappa shape index (κ3) is 5.35. The predicted molar refractivity (Wildman–Crippen MR) is 93.2 cm³/mol. The Morgan fingerprint density at radius 1 is 1.07 bits per heavy atom. The van der Waals surface area contributed by atoms with E-state index in [1.54, 1.807) is 6.07 Å². The first-order chi connectivity index (χ1) is 12.7. The Bertz CT molecular complexity index is 967. The summed E-state index contributed by atoms with van der Waals surface area (Å²) in [5.74, 6) is -1.96. The number of nitrogens with zero attached hydrogens (tertiary/aromatic N) is 1. The lowest BCUT2D eigenvalue weighted by atomic mass is 10.2. The van der Waals surface area contributed by atoms with Crippen LogP contribution < -0.4 is 4.74 Å². The van der Waals surface area contributed by atoms with Crippen LogP contribution in [0, 0.1) is 10.1 Å². The second-order valence-electron chi connectivity index (χ2n) is 5.30. The number of esters is 2. The van der Waals surface area contributed by atoms with Crippen molar-refractivity contribution in [3.63, 3.8) is 0 Å². The minimum Gasteiger partial charge on any atom is -0.461 e. The van der Waals surface area contributed by atoms with Gasteiger partial charge in [-0.15, -0.1) is 0 Å². The number of nitro benzene ring substituents is 1. The number of carbonyl (C=O) groups is 2. The Morgan fingerprint density at radius 2 is 1.70 bits per heavy atom. The number of nitro groups is 1. The molecule has 9 nitrogen and oxygen atoms in total. The number of rotatable bonds is 7. The van der Waals surface area contributed by atoms with Crippen LogP contribution in [-0.2, 0) is 19.4 Å². The molecule has 0 aliphatic carbocycles. The molecular weight excluding hydrogens is 378 g/mol. The van der Waals surface area contributed by atoms with E-state index < -0.39 is 39.1 Å². The first kappa shape index (κ1) is 20.0. The molecule has 0 bridgehead atoms. The maximum atomic E-state index is 12.2. The molecule has 0 aliphatic heterocycles. The molecule has 2 aromatic rings. The number of non-ortho nitro benzene ring substituents is 1. The van der Waals surface area contributed by atoms with Gasteiger partial charge in [0.1, 0.15) is 17.9 Å². The standard InChI is InChI=1S/C17H15NO8S/c1-12(19)26-16-5-3-2-4-15(16)17(20)25-10-11-27(23,24)14-8-6-13(7-9-14)18(21)22/h2-9H,10-11H2,1H3. The average molecular weight is 393 g/mol. The molecule has 0 radical (unpaired) electrons. The lowest BCUT2D eigenvalue weighted by Gasteiger charge is -2.09. The summed E-state index contributed by atoms with van der Waals surface area (Å²) in [6.07, 6.45) is 0. The van der Waals surface area contributed by atoms with Crippen LogP contribution in [0.25, 0.3) is 0 Å². The predicted octanol–water partition coefficient (Wildman–Crippen LogP) is 2.15. The van der Waals surface area contributed by atoms with Gasteiger partial charge < -0.3 is 9.47 Å². The Hall–Kier alpha value is -3.27. The molecule has 0 N–H and O–H groups in total. The molecule has 0 saturated heterocycles. The maximum Gasteiger partial charge on any atom is 0.341 e. The zero-order valence-electron chi connectivity index (χ0n) is 14.2. The van der Waals surface area contributed by atoms with Gasteiger partial charge in [-0.2, -0.15) is 0 Å². The fourth-order valence-electron chi connectivity index (χ4n) is 2.09. The zero-order valence-corrected chi connectivity index (χ0v) is 15.0. The molecular formula is C17H15NO8S. The molecule has 0 saturated carbocycles. The van der Waals surface area contributed by atoms with E-state index in [4.69, 9.17) is 9.47 Å². The van der Waals surface area contributed by atoms with Crippen molar-refractivity contribution in [1.82, 2.24) is 0 Å². The van der Waals surface area contributed by atoms with Crippen molar-refractivity contribution in [3.05, 3.63) is 64.2 Å². The fraction of sp³-hybridized carbons (Fsp3) is 0.176. The largest absolute Gasteiger partial charge is 0.461 e. The van der Waals surface area contributed by atoms with Crippen LogP contribution in [0.5, 0.6) is 5.75 Å². The van der Waals surface area contributed by atoms with Crippen LogP contribution in [0.15, 0.2) is 53.4 Å². The van der Waals surface area contributed by atoms with Crippen molar-refractivity contribution in [3.8, 4) is 5.75 Å². The lowest BCUT2D eigenvalue weighted by Crippen LogP contribution is -2.17. The molecule has 0 aliphatic rings. The van der Waals surface area contributed by atoms with Gasteiger partial charge in [0.15, 0.2) is 9.84 Å². The normalized spacial score (nSPS) is 10.9. The SMILES string of the molecule is CC(=O)Oc1ccccc1C(=O)OCCS(=O)(=O)c1ccc([N+](=O)[O-])cc1. The molecule has 0 atom stereocenters. The molecule has 142 valence electrons. The smallest absolute Gasteiger partial charge is 0.341 e. The van der Waals surface area contributed by atoms with Crippen molar-refractivity contribution in [2.24, 2.45) is 0 Å². The Balaban J connectivity index is 2.02. The highest BCUT2D eigenvalue weighted by Crippen LogP contribution is 2.20. The van der Waals surface area contributed by atoms with E-state index in [9.17, 15) is 28.1 Å². The van der Waals surface area contributed by atoms with E-state index >= 15 is 0 Å². The van der Waals surface area contributed by atoms with Gasteiger partial charge in [0, 0.05) is 19.1 Å². The molecule has 2 aromatic carbocycles. The highest BCUT2D eigenvalue weighted by atomic mass is 32.2. The van der Waals surface area contributed by atoms with Gasteiger partial charge in [-0.05, 0) is 24.3 Å². The maximum absolute atomic E-state index is 12.2. The number of sulfone groups is 1. The summed E-state index contributed by atoms with van der Waals surface area (Å²) in [4.78, 5) is 33.0. The van der Waals surface area contributed by atoms with Crippen LogP contribution in [-0.4, -0.2) is 37.6 Å². The Morgan fingerprint density at radius 3 is 2.30 bits per heavy atom. The van der Waals surface area contributed by atoms with Crippen molar-refractivity contribution < 1.29 is 32.4 Å². The highest BCUT2D eigenvalue weighted by Gasteiger charge is 2.19. The first-order valence-electron chi connectivity index (χ1n) is 7.62. The summed E-state index contributed by atoms with van der Waals surface area (Å²) in [6, 6.07) is 10.3. The van der Waals surface area contributed by atoms with E-state index in [1.807, 2.05) is 0 Å². The molecule has 10 heteroatoms. The fourth-order valence-corrected chi connectivity index (χ4v) is 3.18. The first-order valence-corrected chi connectivity index (χ1v) is 9.28. The molecule has 0 fully saturated rings. The van der Waals surface area contributed by atoms with Gasteiger partial charge in [-0.1, -0.05) is 12.1 Å². The summed E-state index contributed by atoms with van der Waals surface area (Å²) in [5.41, 5.74) is -0.247. The number of carbonyl (C=O) groups excluding carboxylic acids is 2.